The van der Waals surface area contributed by atoms with Crippen molar-refractivity contribution in [2.45, 2.75) is 13.8 Å². The van der Waals surface area contributed by atoms with Crippen molar-refractivity contribution < 1.29 is 22.0 Å². The van der Waals surface area contributed by atoms with Gasteiger partial charge in [-0.15, -0.1) is 0 Å². The number of sulfone groups is 1. The number of hydrogen-bond acceptors (Lipinski definition) is 6. The lowest BCUT2D eigenvalue weighted by Gasteiger charge is -2.22. The smallest absolute Gasteiger partial charge is 0.380 e. The van der Waals surface area contributed by atoms with Gasteiger partial charge in [-0.1, -0.05) is 23.7 Å². The third kappa shape index (κ3) is 6.77. The van der Waals surface area contributed by atoms with Gasteiger partial charge < -0.3 is 4.52 Å². The van der Waals surface area contributed by atoms with Crippen molar-refractivity contribution in [2.24, 2.45) is 0 Å². The van der Waals surface area contributed by atoms with Crippen LogP contribution in [-0.2, 0) is 35.2 Å². The van der Waals surface area contributed by atoms with Crippen LogP contribution in [-0.4, -0.2) is 27.9 Å². The first-order valence-electron chi connectivity index (χ1n) is 6.45. The molecule has 0 aromatic heterocycles. The van der Waals surface area contributed by atoms with Crippen LogP contribution < -0.4 is 0 Å². The highest BCUT2D eigenvalue weighted by Gasteiger charge is 2.24. The summed E-state index contributed by atoms with van der Waals surface area (Å²) in [6.07, 6.45) is 1.06. The maximum atomic E-state index is 11.6. The zero-order valence-corrected chi connectivity index (χ0v) is 15.8. The molecule has 0 N–H and O–H groups in total. The molecule has 0 bridgehead atoms. The predicted octanol–water partition coefficient (Wildman–Crippen LogP) is 4.00. The fourth-order valence-electron chi connectivity index (χ4n) is 1.51. The summed E-state index contributed by atoms with van der Waals surface area (Å²) in [6, 6.07) is 6.60. The van der Waals surface area contributed by atoms with E-state index in [1.165, 1.54) is 0 Å². The molecule has 1 aromatic carbocycles. The molecule has 22 heavy (non-hydrogen) atoms. The first-order chi connectivity index (χ1) is 10.2. The van der Waals surface area contributed by atoms with Crippen LogP contribution in [0.1, 0.15) is 19.4 Å². The van der Waals surface area contributed by atoms with Crippen LogP contribution in [0.25, 0.3) is 5.76 Å². The van der Waals surface area contributed by atoms with E-state index in [0.29, 0.717) is 23.8 Å². The Morgan fingerprint density at radius 1 is 1.32 bits per heavy atom. The molecule has 0 spiro atoms. The molecule has 0 saturated heterocycles. The maximum absolute atomic E-state index is 11.6. The molecule has 1 aromatic rings. The van der Waals surface area contributed by atoms with E-state index in [9.17, 15) is 8.42 Å². The monoisotopic (exact) mass is 384 g/mol. The molecule has 9 heteroatoms. The lowest BCUT2D eigenvalue weighted by Crippen LogP contribution is -2.02. The molecule has 124 valence electrons. The van der Waals surface area contributed by atoms with Gasteiger partial charge in [0.05, 0.1) is 18.6 Å². The summed E-state index contributed by atoms with van der Waals surface area (Å²) in [6.45, 7) is 1.00. The van der Waals surface area contributed by atoms with E-state index < -0.39 is 16.6 Å². The molecule has 1 rings (SSSR count). The Balaban J connectivity index is 3.28. The van der Waals surface area contributed by atoms with Crippen LogP contribution in [0.2, 0.25) is 5.02 Å². The highest BCUT2D eigenvalue weighted by atomic mass is 35.5. The van der Waals surface area contributed by atoms with Crippen LogP contribution >= 0.6 is 18.3 Å². The Kier molecular flexibility index (Phi) is 7.52. The second kappa shape index (κ2) is 8.43. The molecule has 0 aliphatic rings. The summed E-state index contributed by atoms with van der Waals surface area (Å²) in [7, 11) is -3.46. The van der Waals surface area contributed by atoms with Gasteiger partial charge in [-0.25, -0.2) is 8.42 Å². The molecule has 5 nitrogen and oxygen atoms in total. The van der Waals surface area contributed by atoms with Gasteiger partial charge in [0, 0.05) is 28.6 Å². The van der Waals surface area contributed by atoms with Gasteiger partial charge in [-0.3, -0.25) is 9.05 Å². The molecule has 0 amide bonds. The molecular formula is C13H18ClO5PS2. The molecule has 0 unspecified atom stereocenters. The Labute approximate surface area is 141 Å². The molecule has 0 aliphatic carbocycles. The third-order valence-corrected chi connectivity index (χ3v) is 5.52. The van der Waals surface area contributed by atoms with Crippen molar-refractivity contribution in [1.82, 2.24) is 0 Å². The SMILES string of the molecule is CCOP(=S)(OCC)O/C(=C\S(C)(=O)=O)c1cccc(Cl)c1. The Morgan fingerprint density at radius 3 is 2.36 bits per heavy atom. The summed E-state index contributed by atoms with van der Waals surface area (Å²) in [5.41, 5.74) is 0.478. The van der Waals surface area contributed by atoms with E-state index in [1.807, 2.05) is 0 Å². The fourth-order valence-corrected chi connectivity index (χ4v) is 4.42. The van der Waals surface area contributed by atoms with E-state index in [-0.39, 0.29) is 5.76 Å². The van der Waals surface area contributed by atoms with E-state index in [1.54, 1.807) is 38.1 Å². The largest absolute Gasteiger partial charge is 0.423 e. The van der Waals surface area contributed by atoms with Crippen molar-refractivity contribution in [3.63, 3.8) is 0 Å². The van der Waals surface area contributed by atoms with Crippen molar-refractivity contribution >= 4 is 45.7 Å². The average Bonchev–Trinajstić information content (AvgIpc) is 2.36. The Bertz CT molecular complexity index is 677. The summed E-state index contributed by atoms with van der Waals surface area (Å²) < 4.78 is 39.6. The van der Waals surface area contributed by atoms with E-state index >= 15 is 0 Å². The van der Waals surface area contributed by atoms with Crippen LogP contribution in [0.3, 0.4) is 0 Å². The van der Waals surface area contributed by atoms with Crippen LogP contribution in [0.4, 0.5) is 0 Å². The van der Waals surface area contributed by atoms with E-state index in [4.69, 9.17) is 37.0 Å². The number of hydrogen-bond donors (Lipinski definition) is 0. The summed E-state index contributed by atoms with van der Waals surface area (Å²) in [5.74, 6) is 0.0511. The van der Waals surface area contributed by atoms with Crippen LogP contribution in [0.15, 0.2) is 29.7 Å². The van der Waals surface area contributed by atoms with Gasteiger partial charge in [0.25, 0.3) is 0 Å². The topological polar surface area (TPSA) is 61.8 Å². The molecule has 0 heterocycles. The van der Waals surface area contributed by atoms with Gasteiger partial charge in [-0.2, -0.15) is 0 Å². The minimum Gasteiger partial charge on any atom is -0.423 e. The molecule has 0 atom stereocenters. The van der Waals surface area contributed by atoms with Crippen LogP contribution in [0.5, 0.6) is 0 Å². The molecular weight excluding hydrogens is 367 g/mol. The van der Waals surface area contributed by atoms with Crippen molar-refractivity contribution in [2.75, 3.05) is 19.5 Å². The highest BCUT2D eigenvalue weighted by Crippen LogP contribution is 2.53. The lowest BCUT2D eigenvalue weighted by molar-refractivity contribution is 0.210. The number of benzene rings is 1. The first-order valence-corrected chi connectivity index (χ1v) is 11.3. The van der Waals surface area contributed by atoms with Crippen molar-refractivity contribution in [1.29, 1.82) is 0 Å². The fraction of sp³-hybridized carbons (Fsp3) is 0.385. The zero-order chi connectivity index (χ0) is 16.8. The van der Waals surface area contributed by atoms with Crippen molar-refractivity contribution in [3.8, 4) is 0 Å². The molecule has 0 radical (unpaired) electrons. The van der Waals surface area contributed by atoms with Gasteiger partial charge in [0.2, 0.25) is 0 Å². The quantitative estimate of drug-likeness (QED) is 0.498. The van der Waals surface area contributed by atoms with Crippen molar-refractivity contribution in [3.05, 3.63) is 40.3 Å². The van der Waals surface area contributed by atoms with Gasteiger partial charge in [0.1, 0.15) is 5.76 Å². The Morgan fingerprint density at radius 2 is 1.91 bits per heavy atom. The second-order valence-electron chi connectivity index (χ2n) is 4.20. The number of rotatable bonds is 8. The molecule has 0 saturated carbocycles. The van der Waals surface area contributed by atoms with Gasteiger partial charge in [-0.05, 0) is 26.0 Å². The van der Waals surface area contributed by atoms with Crippen LogP contribution in [0, 0.1) is 0 Å². The zero-order valence-electron chi connectivity index (χ0n) is 12.5. The molecule has 0 aliphatic heterocycles. The normalized spacial score (nSPS) is 13.2. The standard InChI is InChI=1S/C13H18ClO5PS2/c1-4-17-20(21,18-5-2)19-13(10-22(3,15)16)11-7-6-8-12(14)9-11/h6-10H,4-5H2,1-3H3/b13-10-. The first kappa shape index (κ1) is 19.6. The predicted molar refractivity (Wildman–Crippen MR) is 92.9 cm³/mol. The van der Waals surface area contributed by atoms with Gasteiger partial charge >= 0.3 is 6.72 Å². The maximum Gasteiger partial charge on any atom is 0.380 e. The molecule has 0 fully saturated rings. The highest BCUT2D eigenvalue weighted by molar-refractivity contribution is 8.07. The van der Waals surface area contributed by atoms with E-state index in [0.717, 1.165) is 11.7 Å². The van der Waals surface area contributed by atoms with Gasteiger partial charge in [0.15, 0.2) is 9.84 Å². The number of halogens is 1. The average molecular weight is 385 g/mol. The Hall–Kier alpha value is -0.430. The third-order valence-electron chi connectivity index (χ3n) is 2.21. The minimum atomic E-state index is -3.46. The second-order valence-corrected chi connectivity index (χ2v) is 9.46. The summed E-state index contributed by atoms with van der Waals surface area (Å²) >= 11 is 11.2. The lowest BCUT2D eigenvalue weighted by atomic mass is 10.2. The summed E-state index contributed by atoms with van der Waals surface area (Å²) in [4.78, 5) is 0. The summed E-state index contributed by atoms with van der Waals surface area (Å²) in [5, 5.41) is 1.43. The van der Waals surface area contributed by atoms with E-state index in [2.05, 4.69) is 0 Å². The minimum absolute atomic E-state index is 0.0511.